The number of aryl methyl sites for hydroxylation is 1. The van der Waals surface area contributed by atoms with E-state index >= 15 is 0 Å². The average molecular weight is 257 g/mol. The quantitative estimate of drug-likeness (QED) is 0.768. The number of nitrogens with zero attached hydrogens (tertiary/aromatic N) is 3. The fraction of sp³-hybridized carbons (Fsp3) is 0.0769. The summed E-state index contributed by atoms with van der Waals surface area (Å²) in [6.07, 6.45) is 1.76. The van der Waals surface area contributed by atoms with Crippen LogP contribution in [-0.4, -0.2) is 19.9 Å². The maximum atomic E-state index is 9.27. The van der Waals surface area contributed by atoms with Gasteiger partial charge in [0.2, 0.25) is 0 Å². The maximum Gasteiger partial charge on any atom is 0.124 e. The summed E-state index contributed by atoms with van der Waals surface area (Å²) in [6.45, 7) is 0. The molecular weight excluding hydrogens is 246 g/mol. The molecule has 3 aromatic rings. The Morgan fingerprint density at radius 3 is 2.61 bits per heavy atom. The highest BCUT2D eigenvalue weighted by Gasteiger charge is 2.09. The van der Waals surface area contributed by atoms with E-state index in [1.165, 1.54) is 0 Å². The third kappa shape index (κ3) is 1.89. The van der Waals surface area contributed by atoms with Gasteiger partial charge in [0.25, 0.3) is 0 Å². The van der Waals surface area contributed by atoms with Crippen molar-refractivity contribution in [3.05, 3.63) is 41.9 Å². The summed E-state index contributed by atoms with van der Waals surface area (Å²) >= 11 is 1.58. The van der Waals surface area contributed by atoms with Gasteiger partial charge in [-0.1, -0.05) is 0 Å². The molecule has 0 saturated carbocycles. The number of hydrogen-bond acceptors (Lipinski definition) is 4. The molecule has 1 aromatic carbocycles. The van der Waals surface area contributed by atoms with Gasteiger partial charge >= 0.3 is 0 Å². The van der Waals surface area contributed by atoms with E-state index in [0.29, 0.717) is 0 Å². The van der Waals surface area contributed by atoms with Gasteiger partial charge in [-0.25, -0.2) is 4.98 Å². The van der Waals surface area contributed by atoms with Crippen LogP contribution in [0.4, 0.5) is 0 Å². The van der Waals surface area contributed by atoms with Crippen LogP contribution in [0.2, 0.25) is 0 Å². The first kappa shape index (κ1) is 11.0. The summed E-state index contributed by atoms with van der Waals surface area (Å²) in [5.41, 5.74) is 2.92. The lowest BCUT2D eigenvalue weighted by molar-refractivity contribution is 0.475. The second kappa shape index (κ2) is 4.27. The molecule has 0 fully saturated rings. The van der Waals surface area contributed by atoms with Crippen molar-refractivity contribution in [2.24, 2.45) is 7.05 Å². The predicted molar refractivity (Wildman–Crippen MR) is 71.4 cm³/mol. The molecule has 5 heteroatoms. The largest absolute Gasteiger partial charge is 0.508 e. The van der Waals surface area contributed by atoms with Gasteiger partial charge in [0.05, 0.1) is 11.4 Å². The van der Waals surface area contributed by atoms with E-state index in [-0.39, 0.29) is 5.75 Å². The smallest absolute Gasteiger partial charge is 0.124 e. The number of aromatic hydroxyl groups is 1. The maximum absolute atomic E-state index is 9.27. The van der Waals surface area contributed by atoms with Crippen LogP contribution in [0, 0.1) is 0 Å². The van der Waals surface area contributed by atoms with Crippen LogP contribution in [0.1, 0.15) is 0 Å². The van der Waals surface area contributed by atoms with E-state index in [1.807, 2.05) is 30.6 Å². The Balaban J connectivity index is 1.99. The summed E-state index contributed by atoms with van der Waals surface area (Å²) < 4.78 is 1.80. The van der Waals surface area contributed by atoms with E-state index in [4.69, 9.17) is 0 Å². The molecule has 0 aliphatic carbocycles. The second-order valence-electron chi connectivity index (χ2n) is 3.92. The van der Waals surface area contributed by atoms with Crippen molar-refractivity contribution in [1.82, 2.24) is 14.8 Å². The monoisotopic (exact) mass is 257 g/mol. The van der Waals surface area contributed by atoms with Gasteiger partial charge in [-0.3, -0.25) is 4.68 Å². The molecule has 0 aliphatic heterocycles. The number of phenolic OH excluding ortho intramolecular Hbond substituents is 1. The third-order valence-corrected chi connectivity index (χ3v) is 3.59. The SMILES string of the molecule is Cn1nccc1-c1csc(-c2ccc(O)cc2)n1. The van der Waals surface area contributed by atoms with Crippen LogP contribution in [0.5, 0.6) is 5.75 Å². The molecule has 0 saturated heterocycles. The molecule has 0 radical (unpaired) electrons. The minimum atomic E-state index is 0.266. The van der Waals surface area contributed by atoms with Gasteiger partial charge in [-0.15, -0.1) is 11.3 Å². The average Bonchev–Trinajstić information content (AvgIpc) is 2.98. The number of aromatic nitrogens is 3. The summed E-state index contributed by atoms with van der Waals surface area (Å²) in [5, 5.41) is 16.4. The summed E-state index contributed by atoms with van der Waals surface area (Å²) in [5.74, 6) is 0.266. The Kier molecular flexibility index (Phi) is 2.60. The number of hydrogen-bond donors (Lipinski definition) is 1. The summed E-state index contributed by atoms with van der Waals surface area (Å²) in [7, 11) is 1.90. The van der Waals surface area contributed by atoms with Crippen LogP contribution in [-0.2, 0) is 7.05 Å². The molecule has 0 unspecified atom stereocenters. The van der Waals surface area contributed by atoms with Crippen molar-refractivity contribution in [3.8, 4) is 27.7 Å². The molecule has 0 atom stereocenters. The molecule has 1 N–H and O–H groups in total. The third-order valence-electron chi connectivity index (χ3n) is 2.70. The van der Waals surface area contributed by atoms with E-state index in [1.54, 1.807) is 34.3 Å². The molecule has 18 heavy (non-hydrogen) atoms. The molecule has 2 heterocycles. The number of benzene rings is 1. The first-order chi connectivity index (χ1) is 8.74. The van der Waals surface area contributed by atoms with Crippen LogP contribution in [0.15, 0.2) is 41.9 Å². The zero-order chi connectivity index (χ0) is 12.5. The molecule has 0 bridgehead atoms. The van der Waals surface area contributed by atoms with E-state index in [2.05, 4.69) is 10.1 Å². The Hall–Kier alpha value is -2.14. The van der Waals surface area contributed by atoms with Crippen LogP contribution < -0.4 is 0 Å². The molecule has 0 aliphatic rings. The normalized spacial score (nSPS) is 10.7. The highest BCUT2D eigenvalue weighted by atomic mass is 32.1. The molecule has 2 aromatic heterocycles. The van der Waals surface area contributed by atoms with Crippen LogP contribution in [0.3, 0.4) is 0 Å². The van der Waals surface area contributed by atoms with E-state index in [0.717, 1.165) is 22.0 Å². The Morgan fingerprint density at radius 2 is 1.94 bits per heavy atom. The lowest BCUT2D eigenvalue weighted by Gasteiger charge is -1.97. The first-order valence-electron chi connectivity index (χ1n) is 5.47. The lowest BCUT2D eigenvalue weighted by atomic mass is 10.2. The minimum absolute atomic E-state index is 0.266. The highest BCUT2D eigenvalue weighted by Crippen LogP contribution is 2.29. The lowest BCUT2D eigenvalue weighted by Crippen LogP contribution is -1.93. The van der Waals surface area contributed by atoms with Crippen LogP contribution >= 0.6 is 11.3 Å². The molecule has 90 valence electrons. The summed E-state index contributed by atoms with van der Waals surface area (Å²) in [4.78, 5) is 4.59. The van der Waals surface area contributed by atoms with Gasteiger partial charge in [-0.2, -0.15) is 5.10 Å². The molecular formula is C13H11N3OS. The van der Waals surface area contributed by atoms with E-state index in [9.17, 15) is 5.11 Å². The van der Waals surface area contributed by atoms with Crippen molar-refractivity contribution in [3.63, 3.8) is 0 Å². The first-order valence-corrected chi connectivity index (χ1v) is 6.35. The fourth-order valence-corrected chi connectivity index (χ4v) is 2.57. The van der Waals surface area contributed by atoms with Gasteiger partial charge in [0.1, 0.15) is 10.8 Å². The van der Waals surface area contributed by atoms with Gasteiger partial charge < -0.3 is 5.11 Å². The Labute approximate surface area is 108 Å². The van der Waals surface area contributed by atoms with Crippen molar-refractivity contribution < 1.29 is 5.11 Å². The van der Waals surface area contributed by atoms with Crippen molar-refractivity contribution >= 4 is 11.3 Å². The van der Waals surface area contributed by atoms with Crippen molar-refractivity contribution in [2.45, 2.75) is 0 Å². The zero-order valence-electron chi connectivity index (χ0n) is 9.74. The number of thiazole rings is 1. The summed E-state index contributed by atoms with van der Waals surface area (Å²) in [6, 6.07) is 9.00. The predicted octanol–water partition coefficient (Wildman–Crippen LogP) is 2.92. The van der Waals surface area contributed by atoms with E-state index < -0.39 is 0 Å². The van der Waals surface area contributed by atoms with Crippen LogP contribution in [0.25, 0.3) is 22.0 Å². The zero-order valence-corrected chi connectivity index (χ0v) is 10.6. The van der Waals surface area contributed by atoms with Gasteiger partial charge in [0.15, 0.2) is 0 Å². The highest BCUT2D eigenvalue weighted by molar-refractivity contribution is 7.13. The minimum Gasteiger partial charge on any atom is -0.508 e. The van der Waals surface area contributed by atoms with Gasteiger partial charge in [-0.05, 0) is 30.3 Å². The van der Waals surface area contributed by atoms with Crippen molar-refractivity contribution in [2.75, 3.05) is 0 Å². The fourth-order valence-electron chi connectivity index (χ4n) is 1.75. The number of rotatable bonds is 2. The molecule has 4 nitrogen and oxygen atoms in total. The Morgan fingerprint density at radius 1 is 1.17 bits per heavy atom. The van der Waals surface area contributed by atoms with Crippen molar-refractivity contribution in [1.29, 1.82) is 0 Å². The number of phenols is 1. The standard InChI is InChI=1S/C13H11N3OS/c1-16-12(6-7-14-16)11-8-18-13(15-11)9-2-4-10(17)5-3-9/h2-8,17H,1H3. The van der Waals surface area contributed by atoms with Gasteiger partial charge in [0, 0.05) is 24.2 Å². The topological polar surface area (TPSA) is 50.9 Å². The Bertz CT molecular complexity index is 670. The second-order valence-corrected chi connectivity index (χ2v) is 4.78. The molecule has 3 rings (SSSR count). The molecule has 0 amide bonds. The molecule has 0 spiro atoms.